The monoisotopic (exact) mass is 373 g/mol. The van der Waals surface area contributed by atoms with Gasteiger partial charge in [-0.1, -0.05) is 23.9 Å². The van der Waals surface area contributed by atoms with Crippen molar-refractivity contribution in [2.75, 3.05) is 0 Å². The van der Waals surface area contributed by atoms with Crippen LogP contribution in [0, 0.1) is 19.7 Å². The van der Waals surface area contributed by atoms with Gasteiger partial charge in [0.2, 0.25) is 11.1 Å². The van der Waals surface area contributed by atoms with Crippen LogP contribution in [-0.4, -0.2) is 30.7 Å². The van der Waals surface area contributed by atoms with Crippen molar-refractivity contribution in [3.63, 3.8) is 0 Å². The van der Waals surface area contributed by atoms with E-state index in [4.69, 9.17) is 0 Å². The molecule has 8 heteroatoms. The van der Waals surface area contributed by atoms with Crippen LogP contribution in [0.25, 0.3) is 5.78 Å². The molecule has 0 saturated heterocycles. The summed E-state index contributed by atoms with van der Waals surface area (Å²) in [6.07, 6.45) is 0. The molecule has 2 atom stereocenters. The van der Waals surface area contributed by atoms with E-state index in [1.54, 1.807) is 23.6 Å². The van der Waals surface area contributed by atoms with Crippen molar-refractivity contribution < 1.29 is 9.18 Å². The summed E-state index contributed by atoms with van der Waals surface area (Å²) in [4.78, 5) is 21.2. The van der Waals surface area contributed by atoms with Crippen LogP contribution in [0.3, 0.4) is 0 Å². The minimum Gasteiger partial charge on any atom is -0.349 e. The number of amides is 1. The van der Waals surface area contributed by atoms with Gasteiger partial charge in [0.25, 0.3) is 5.78 Å². The molecule has 136 valence electrons. The standard InChI is InChI=1S/C18H20FN5OS/c1-10-9-11(2)24-17(20-10)22-18(23-24)26-13(4)16(25)21-12(3)14-5-7-15(19)8-6-14/h5-9,12-13H,1-4H3,(H,21,25)/t12-,13+/m0/s1. The summed E-state index contributed by atoms with van der Waals surface area (Å²) >= 11 is 1.28. The summed E-state index contributed by atoms with van der Waals surface area (Å²) in [6, 6.07) is 7.81. The number of rotatable bonds is 5. The average Bonchev–Trinajstić information content (AvgIpc) is 2.97. The van der Waals surface area contributed by atoms with Gasteiger partial charge in [-0.25, -0.2) is 13.9 Å². The predicted molar refractivity (Wildman–Crippen MR) is 98.5 cm³/mol. The van der Waals surface area contributed by atoms with Crippen LogP contribution >= 0.6 is 11.8 Å². The second-order valence-electron chi connectivity index (χ2n) is 6.19. The summed E-state index contributed by atoms with van der Waals surface area (Å²) in [6.45, 7) is 7.50. The number of aryl methyl sites for hydroxylation is 2. The minimum absolute atomic E-state index is 0.133. The van der Waals surface area contributed by atoms with Gasteiger partial charge >= 0.3 is 0 Å². The molecule has 3 rings (SSSR count). The molecule has 2 heterocycles. The van der Waals surface area contributed by atoms with E-state index < -0.39 is 0 Å². The highest BCUT2D eigenvalue weighted by atomic mass is 32.2. The van der Waals surface area contributed by atoms with Gasteiger partial charge in [-0.05, 0) is 51.5 Å². The van der Waals surface area contributed by atoms with Crippen molar-refractivity contribution in [2.45, 2.75) is 44.1 Å². The summed E-state index contributed by atoms with van der Waals surface area (Å²) in [5.74, 6) is 0.0945. The molecule has 0 radical (unpaired) electrons. The Kier molecular flexibility index (Phi) is 5.22. The number of hydrogen-bond donors (Lipinski definition) is 1. The van der Waals surface area contributed by atoms with E-state index in [1.165, 1.54) is 23.9 Å². The van der Waals surface area contributed by atoms with Crippen LogP contribution in [0.4, 0.5) is 4.39 Å². The fourth-order valence-corrected chi connectivity index (χ4v) is 3.33. The van der Waals surface area contributed by atoms with E-state index in [9.17, 15) is 9.18 Å². The molecule has 0 saturated carbocycles. The van der Waals surface area contributed by atoms with Crippen molar-refractivity contribution in [2.24, 2.45) is 0 Å². The summed E-state index contributed by atoms with van der Waals surface area (Å²) < 4.78 is 14.7. The lowest BCUT2D eigenvalue weighted by atomic mass is 10.1. The highest BCUT2D eigenvalue weighted by Crippen LogP contribution is 2.22. The number of nitrogens with zero attached hydrogens (tertiary/aromatic N) is 4. The van der Waals surface area contributed by atoms with E-state index in [0.717, 1.165) is 17.0 Å². The Morgan fingerprint density at radius 2 is 1.88 bits per heavy atom. The van der Waals surface area contributed by atoms with Gasteiger partial charge in [0.15, 0.2) is 0 Å². The van der Waals surface area contributed by atoms with Crippen LogP contribution < -0.4 is 5.32 Å². The van der Waals surface area contributed by atoms with Gasteiger partial charge in [0, 0.05) is 11.4 Å². The molecule has 0 fully saturated rings. The first-order valence-corrected chi connectivity index (χ1v) is 9.15. The summed E-state index contributed by atoms with van der Waals surface area (Å²) in [5, 5.41) is 7.46. The molecule has 0 aliphatic heterocycles. The third-order valence-electron chi connectivity index (χ3n) is 3.98. The molecule has 1 amide bonds. The molecule has 6 nitrogen and oxygen atoms in total. The number of carbonyl (C=O) groups excluding carboxylic acids is 1. The molecular weight excluding hydrogens is 353 g/mol. The maximum atomic E-state index is 13.0. The average molecular weight is 373 g/mol. The maximum Gasteiger partial charge on any atom is 0.253 e. The molecule has 0 bridgehead atoms. The molecule has 0 spiro atoms. The van der Waals surface area contributed by atoms with Crippen LogP contribution in [0.2, 0.25) is 0 Å². The topological polar surface area (TPSA) is 72.2 Å². The number of benzene rings is 1. The predicted octanol–water partition coefficient (Wildman–Crippen LogP) is 3.24. The van der Waals surface area contributed by atoms with Gasteiger partial charge in [0.1, 0.15) is 5.82 Å². The Balaban J connectivity index is 1.67. The van der Waals surface area contributed by atoms with E-state index in [2.05, 4.69) is 20.4 Å². The lowest BCUT2D eigenvalue weighted by Crippen LogP contribution is -2.33. The van der Waals surface area contributed by atoms with Crippen molar-refractivity contribution >= 4 is 23.4 Å². The van der Waals surface area contributed by atoms with Crippen LogP contribution in [-0.2, 0) is 4.79 Å². The van der Waals surface area contributed by atoms with Crippen molar-refractivity contribution in [3.8, 4) is 0 Å². The molecule has 26 heavy (non-hydrogen) atoms. The van der Waals surface area contributed by atoms with E-state index >= 15 is 0 Å². The molecule has 3 aromatic rings. The third kappa shape index (κ3) is 4.01. The SMILES string of the molecule is Cc1cc(C)n2nc(S[C@H](C)C(=O)N[C@@H](C)c3ccc(F)cc3)nc2n1. The molecule has 0 aliphatic rings. The first-order chi connectivity index (χ1) is 12.3. The molecule has 1 aromatic carbocycles. The quantitative estimate of drug-likeness (QED) is 0.695. The molecule has 0 aliphatic carbocycles. The number of carbonyl (C=O) groups is 1. The number of aromatic nitrogens is 4. The Hall–Kier alpha value is -2.48. The van der Waals surface area contributed by atoms with Crippen molar-refractivity contribution in [1.29, 1.82) is 0 Å². The lowest BCUT2D eigenvalue weighted by Gasteiger charge is -2.17. The lowest BCUT2D eigenvalue weighted by molar-refractivity contribution is -0.120. The highest BCUT2D eigenvalue weighted by Gasteiger charge is 2.20. The molecule has 1 N–H and O–H groups in total. The van der Waals surface area contributed by atoms with Crippen LogP contribution in [0.15, 0.2) is 35.5 Å². The second-order valence-corrected chi connectivity index (χ2v) is 7.49. The van der Waals surface area contributed by atoms with Crippen molar-refractivity contribution in [3.05, 3.63) is 53.1 Å². The summed E-state index contributed by atoms with van der Waals surface area (Å²) in [5.41, 5.74) is 2.66. The Morgan fingerprint density at radius 1 is 1.19 bits per heavy atom. The van der Waals surface area contributed by atoms with Gasteiger partial charge < -0.3 is 5.32 Å². The highest BCUT2D eigenvalue weighted by molar-refractivity contribution is 8.00. The number of fused-ring (bicyclic) bond motifs is 1. The first-order valence-electron chi connectivity index (χ1n) is 8.27. The van der Waals surface area contributed by atoms with Crippen molar-refractivity contribution in [1.82, 2.24) is 24.9 Å². The molecule has 2 aromatic heterocycles. The number of halogens is 1. The van der Waals surface area contributed by atoms with Gasteiger partial charge in [-0.2, -0.15) is 4.98 Å². The first kappa shape index (κ1) is 18.3. The van der Waals surface area contributed by atoms with Gasteiger partial charge in [-0.15, -0.1) is 5.10 Å². The fourth-order valence-electron chi connectivity index (χ4n) is 2.58. The normalized spacial score (nSPS) is 13.6. The zero-order valence-corrected chi connectivity index (χ0v) is 15.8. The zero-order chi connectivity index (χ0) is 18.8. The van der Waals surface area contributed by atoms with E-state index in [0.29, 0.717) is 10.9 Å². The van der Waals surface area contributed by atoms with E-state index in [-0.39, 0.29) is 23.0 Å². The van der Waals surface area contributed by atoms with Gasteiger partial charge in [0.05, 0.1) is 11.3 Å². The Labute approximate surface area is 155 Å². The van der Waals surface area contributed by atoms with Crippen LogP contribution in [0.5, 0.6) is 0 Å². The molecular formula is C18H20FN5OS. The third-order valence-corrected chi connectivity index (χ3v) is 4.93. The van der Waals surface area contributed by atoms with E-state index in [1.807, 2.05) is 26.8 Å². The van der Waals surface area contributed by atoms with Gasteiger partial charge in [-0.3, -0.25) is 4.79 Å². The smallest absolute Gasteiger partial charge is 0.253 e. The number of thioether (sulfide) groups is 1. The zero-order valence-electron chi connectivity index (χ0n) is 15.0. The number of nitrogens with one attached hydrogen (secondary N) is 1. The van der Waals surface area contributed by atoms with Crippen LogP contribution in [0.1, 0.15) is 36.8 Å². The number of hydrogen-bond acceptors (Lipinski definition) is 5. The Bertz CT molecular complexity index is 941. The Morgan fingerprint density at radius 3 is 2.58 bits per heavy atom. The molecule has 0 unspecified atom stereocenters. The summed E-state index contributed by atoms with van der Waals surface area (Å²) in [7, 11) is 0. The maximum absolute atomic E-state index is 13.0. The second kappa shape index (κ2) is 7.41. The fraction of sp³-hybridized carbons (Fsp3) is 0.333. The largest absolute Gasteiger partial charge is 0.349 e. The minimum atomic E-state index is -0.378.